The number of anilines is 1. The van der Waals surface area contributed by atoms with Crippen LogP contribution in [0.1, 0.15) is 48.3 Å². The third kappa shape index (κ3) is 4.22. The van der Waals surface area contributed by atoms with Gasteiger partial charge in [0.2, 0.25) is 5.95 Å². The number of methoxy groups -OCH3 is 1. The van der Waals surface area contributed by atoms with Gasteiger partial charge in [-0.15, -0.1) is 0 Å². The van der Waals surface area contributed by atoms with Crippen molar-refractivity contribution in [2.75, 3.05) is 25.1 Å². The van der Waals surface area contributed by atoms with E-state index in [9.17, 15) is 4.79 Å². The second-order valence-electron chi connectivity index (χ2n) is 7.87. The first-order chi connectivity index (χ1) is 14.1. The summed E-state index contributed by atoms with van der Waals surface area (Å²) in [6, 6.07) is 0. The molecule has 4 rings (SSSR count). The smallest absolute Gasteiger partial charge is 0.252 e. The molecule has 1 aliphatic heterocycles. The number of aryl methyl sites for hydroxylation is 3. The molecule has 8 heteroatoms. The minimum Gasteiger partial charge on any atom is -0.368 e. The molecule has 0 radical (unpaired) electrons. The number of hydrogen-bond donors (Lipinski definition) is 1. The van der Waals surface area contributed by atoms with Gasteiger partial charge in [-0.2, -0.15) is 0 Å². The lowest BCUT2D eigenvalue weighted by Gasteiger charge is -2.39. The summed E-state index contributed by atoms with van der Waals surface area (Å²) in [6.07, 6.45) is 11.1. The van der Waals surface area contributed by atoms with Gasteiger partial charge in [0.25, 0.3) is 5.91 Å². The molecule has 0 spiro atoms. The van der Waals surface area contributed by atoms with E-state index in [1.807, 2.05) is 13.1 Å². The maximum atomic E-state index is 12.9. The normalized spacial score (nSPS) is 18.2. The quantitative estimate of drug-likeness (QED) is 0.823. The first kappa shape index (κ1) is 19.7. The first-order valence-electron chi connectivity index (χ1n) is 10.3. The predicted molar refractivity (Wildman–Crippen MR) is 108 cm³/mol. The molecule has 154 valence electrons. The van der Waals surface area contributed by atoms with Crippen molar-refractivity contribution in [2.45, 2.75) is 57.6 Å². The van der Waals surface area contributed by atoms with Crippen LogP contribution in [0.3, 0.4) is 0 Å². The van der Waals surface area contributed by atoms with Gasteiger partial charge in [-0.25, -0.2) is 9.97 Å². The molecular weight excluding hydrogens is 368 g/mol. The van der Waals surface area contributed by atoms with E-state index >= 15 is 0 Å². The zero-order chi connectivity index (χ0) is 20.3. The molecular formula is C21H28N6O2. The van der Waals surface area contributed by atoms with Crippen LogP contribution < -0.4 is 10.2 Å². The number of nitrogens with zero attached hydrogens (tertiary/aromatic N) is 5. The molecule has 1 amide bonds. The molecule has 0 aromatic carbocycles. The van der Waals surface area contributed by atoms with Gasteiger partial charge in [0, 0.05) is 51.1 Å². The Morgan fingerprint density at radius 3 is 2.66 bits per heavy atom. The van der Waals surface area contributed by atoms with Crippen LogP contribution in [0.2, 0.25) is 0 Å². The molecule has 2 aromatic rings. The van der Waals surface area contributed by atoms with E-state index in [0.29, 0.717) is 32.5 Å². The number of aromatic nitrogens is 4. The Balaban J connectivity index is 1.38. The van der Waals surface area contributed by atoms with Crippen molar-refractivity contribution in [1.29, 1.82) is 0 Å². The van der Waals surface area contributed by atoms with Gasteiger partial charge in [0.05, 0.1) is 24.1 Å². The molecule has 1 fully saturated rings. The highest BCUT2D eigenvalue weighted by molar-refractivity contribution is 5.85. The van der Waals surface area contributed by atoms with E-state index in [1.165, 1.54) is 24.1 Å². The largest absolute Gasteiger partial charge is 0.368 e. The number of amides is 1. The average Bonchev–Trinajstić information content (AvgIpc) is 2.78. The highest BCUT2D eigenvalue weighted by Gasteiger charge is 2.42. The Labute approximate surface area is 171 Å². The number of ether oxygens (including phenoxy) is 1. The van der Waals surface area contributed by atoms with Crippen molar-refractivity contribution in [3.63, 3.8) is 0 Å². The monoisotopic (exact) mass is 396 g/mol. The number of hydrogen-bond acceptors (Lipinski definition) is 7. The highest BCUT2D eigenvalue weighted by atomic mass is 16.5. The molecule has 0 bridgehead atoms. The molecule has 1 N–H and O–H groups in total. The SMILES string of the molecule is COC1(C(=O)NCc2cnc(C)cn2)CCN(c2ncc3c(n2)CCCC3)CC1. The summed E-state index contributed by atoms with van der Waals surface area (Å²) in [5.41, 5.74) is 3.21. The fraction of sp³-hybridized carbons (Fsp3) is 0.571. The summed E-state index contributed by atoms with van der Waals surface area (Å²) in [4.78, 5) is 32.9. The molecule has 0 unspecified atom stereocenters. The maximum Gasteiger partial charge on any atom is 0.252 e. The zero-order valence-corrected chi connectivity index (χ0v) is 17.1. The number of piperidine rings is 1. The van der Waals surface area contributed by atoms with E-state index in [1.54, 1.807) is 19.5 Å². The van der Waals surface area contributed by atoms with Crippen molar-refractivity contribution >= 4 is 11.9 Å². The minimum atomic E-state index is -0.831. The lowest BCUT2D eigenvalue weighted by Crippen LogP contribution is -2.55. The van der Waals surface area contributed by atoms with Crippen LogP contribution >= 0.6 is 0 Å². The van der Waals surface area contributed by atoms with Crippen molar-refractivity contribution in [2.24, 2.45) is 0 Å². The van der Waals surface area contributed by atoms with E-state index in [4.69, 9.17) is 9.72 Å². The standard InChI is InChI=1S/C21H28N6O2/c1-15-11-23-17(13-22-15)14-24-19(28)21(29-2)7-9-27(10-8-21)20-25-12-16-5-3-4-6-18(16)26-20/h11-13H,3-10,14H2,1-2H3,(H,24,28). The van der Waals surface area contributed by atoms with Crippen molar-refractivity contribution in [3.05, 3.63) is 41.2 Å². The Bertz CT molecular complexity index is 862. The number of rotatable bonds is 5. The summed E-state index contributed by atoms with van der Waals surface area (Å²) in [5, 5.41) is 2.96. The average molecular weight is 396 g/mol. The Hall–Kier alpha value is -2.61. The second kappa shape index (κ2) is 8.41. The topological polar surface area (TPSA) is 93.1 Å². The van der Waals surface area contributed by atoms with Gasteiger partial charge in [0.15, 0.2) is 0 Å². The molecule has 2 aliphatic rings. The second-order valence-corrected chi connectivity index (χ2v) is 7.87. The molecule has 2 aromatic heterocycles. The van der Waals surface area contributed by atoms with Gasteiger partial charge in [-0.05, 0) is 38.2 Å². The summed E-state index contributed by atoms with van der Waals surface area (Å²) in [7, 11) is 1.61. The van der Waals surface area contributed by atoms with Crippen LogP contribution in [0.5, 0.6) is 0 Å². The van der Waals surface area contributed by atoms with Crippen molar-refractivity contribution in [3.8, 4) is 0 Å². The molecule has 1 saturated heterocycles. The summed E-state index contributed by atoms with van der Waals surface area (Å²) in [5.74, 6) is 0.666. The fourth-order valence-corrected chi connectivity index (χ4v) is 4.05. The highest BCUT2D eigenvalue weighted by Crippen LogP contribution is 2.29. The lowest BCUT2D eigenvalue weighted by molar-refractivity contribution is -0.146. The molecule has 1 aliphatic carbocycles. The number of carbonyl (C=O) groups is 1. The maximum absolute atomic E-state index is 12.9. The third-order valence-corrected chi connectivity index (χ3v) is 5.97. The third-order valence-electron chi connectivity index (χ3n) is 5.97. The predicted octanol–water partition coefficient (Wildman–Crippen LogP) is 1.76. The summed E-state index contributed by atoms with van der Waals surface area (Å²) in [6.45, 7) is 3.60. The van der Waals surface area contributed by atoms with Crippen LogP contribution in [0.15, 0.2) is 18.6 Å². The first-order valence-corrected chi connectivity index (χ1v) is 10.3. The Morgan fingerprint density at radius 2 is 1.93 bits per heavy atom. The molecule has 0 saturated carbocycles. The Morgan fingerprint density at radius 1 is 1.14 bits per heavy atom. The number of carbonyl (C=O) groups excluding carboxylic acids is 1. The molecule has 8 nitrogen and oxygen atoms in total. The van der Waals surface area contributed by atoms with Gasteiger partial charge in [-0.3, -0.25) is 14.8 Å². The zero-order valence-electron chi connectivity index (χ0n) is 17.1. The minimum absolute atomic E-state index is 0.103. The molecule has 29 heavy (non-hydrogen) atoms. The van der Waals surface area contributed by atoms with Crippen LogP contribution in [-0.4, -0.2) is 51.6 Å². The van der Waals surface area contributed by atoms with E-state index in [2.05, 4.69) is 25.2 Å². The molecule has 0 atom stereocenters. The molecule has 3 heterocycles. The summed E-state index contributed by atoms with van der Waals surface area (Å²) < 4.78 is 5.71. The Kier molecular flexibility index (Phi) is 5.71. The van der Waals surface area contributed by atoms with Gasteiger partial charge in [-0.1, -0.05) is 0 Å². The van der Waals surface area contributed by atoms with Gasteiger partial charge >= 0.3 is 0 Å². The van der Waals surface area contributed by atoms with E-state index < -0.39 is 5.60 Å². The summed E-state index contributed by atoms with van der Waals surface area (Å²) >= 11 is 0. The van der Waals surface area contributed by atoms with Crippen molar-refractivity contribution < 1.29 is 9.53 Å². The lowest BCUT2D eigenvalue weighted by atomic mass is 9.90. The van der Waals surface area contributed by atoms with E-state index in [0.717, 1.165) is 30.2 Å². The van der Waals surface area contributed by atoms with Crippen LogP contribution in [0, 0.1) is 6.92 Å². The van der Waals surface area contributed by atoms with Gasteiger partial charge < -0.3 is 15.0 Å². The van der Waals surface area contributed by atoms with E-state index in [-0.39, 0.29) is 5.91 Å². The van der Waals surface area contributed by atoms with Gasteiger partial charge in [0.1, 0.15) is 5.60 Å². The van der Waals surface area contributed by atoms with Crippen LogP contribution in [0.25, 0.3) is 0 Å². The van der Waals surface area contributed by atoms with Crippen molar-refractivity contribution in [1.82, 2.24) is 25.3 Å². The van der Waals surface area contributed by atoms with Crippen LogP contribution in [-0.2, 0) is 28.9 Å². The fourth-order valence-electron chi connectivity index (χ4n) is 4.05. The number of nitrogens with one attached hydrogen (secondary N) is 1. The number of fused-ring (bicyclic) bond motifs is 1. The van der Waals surface area contributed by atoms with Crippen LogP contribution in [0.4, 0.5) is 5.95 Å².